The molecule has 0 amide bonds. The van der Waals surface area contributed by atoms with Crippen molar-refractivity contribution < 1.29 is 0 Å². The Labute approximate surface area is 220 Å². The molecular weight excluding hydrogens is 474 g/mol. The number of fused-ring (bicyclic) bond motifs is 2. The first-order valence-corrected chi connectivity index (χ1v) is 13.2. The lowest BCUT2D eigenvalue weighted by Gasteiger charge is -2.23. The van der Waals surface area contributed by atoms with E-state index in [2.05, 4.69) is 115 Å². The van der Waals surface area contributed by atoms with E-state index in [0.29, 0.717) is 0 Å². The summed E-state index contributed by atoms with van der Waals surface area (Å²) in [6, 6.07) is 21.5. The highest BCUT2D eigenvalue weighted by atomic mass is 32.1. The van der Waals surface area contributed by atoms with Crippen LogP contribution in [0.2, 0.25) is 0 Å². The zero-order valence-electron chi connectivity index (χ0n) is 21.4. The Kier molecular flexibility index (Phi) is 5.50. The Hall–Kier alpha value is -4.16. The first-order chi connectivity index (χ1) is 17.8. The van der Waals surface area contributed by atoms with Crippen LogP contribution in [0.25, 0.3) is 54.8 Å². The van der Waals surface area contributed by atoms with Gasteiger partial charge in [-0.3, -0.25) is 10.1 Å². The highest BCUT2D eigenvalue weighted by molar-refractivity contribution is 7.15. The molecule has 0 unspecified atom stereocenters. The lowest BCUT2D eigenvalue weighted by molar-refractivity contribution is 0.509. The Morgan fingerprint density at radius 1 is 0.919 bits per heavy atom. The van der Waals surface area contributed by atoms with Crippen LogP contribution in [0.4, 0.5) is 5.69 Å². The van der Waals surface area contributed by atoms with Crippen LogP contribution in [-0.2, 0) is 0 Å². The number of rotatable bonds is 5. The minimum Gasteiger partial charge on any atom is -0.358 e. The number of aromatic nitrogens is 4. The van der Waals surface area contributed by atoms with E-state index in [-0.39, 0.29) is 5.41 Å². The van der Waals surface area contributed by atoms with E-state index in [4.69, 9.17) is 5.10 Å². The van der Waals surface area contributed by atoms with Crippen LogP contribution in [0.15, 0.2) is 85.3 Å². The van der Waals surface area contributed by atoms with Crippen LogP contribution in [0.3, 0.4) is 0 Å². The van der Waals surface area contributed by atoms with E-state index < -0.39 is 0 Å². The first kappa shape index (κ1) is 23.3. The van der Waals surface area contributed by atoms with Gasteiger partial charge < -0.3 is 10.3 Å². The van der Waals surface area contributed by atoms with Gasteiger partial charge in [-0.05, 0) is 55.0 Å². The average molecular weight is 504 g/mol. The summed E-state index contributed by atoms with van der Waals surface area (Å²) < 4.78 is 0. The Morgan fingerprint density at radius 2 is 1.78 bits per heavy atom. The molecule has 0 fully saturated rings. The number of nitrogens with zero attached hydrogens (tertiary/aromatic N) is 2. The van der Waals surface area contributed by atoms with Crippen LogP contribution < -0.4 is 5.32 Å². The van der Waals surface area contributed by atoms with Crippen molar-refractivity contribution in [2.45, 2.75) is 27.7 Å². The van der Waals surface area contributed by atoms with Gasteiger partial charge in [-0.2, -0.15) is 5.10 Å². The molecule has 6 rings (SSSR count). The van der Waals surface area contributed by atoms with Crippen LogP contribution in [0, 0.1) is 12.3 Å². The van der Waals surface area contributed by atoms with Gasteiger partial charge in [0.05, 0.1) is 23.1 Å². The molecule has 0 saturated carbocycles. The van der Waals surface area contributed by atoms with Crippen molar-refractivity contribution in [2.24, 2.45) is 5.41 Å². The largest absolute Gasteiger partial charge is 0.358 e. The Bertz CT molecular complexity index is 1780. The van der Waals surface area contributed by atoms with Crippen LogP contribution >= 0.6 is 11.3 Å². The van der Waals surface area contributed by atoms with Crippen molar-refractivity contribution >= 4 is 38.8 Å². The second kappa shape index (κ2) is 8.75. The number of benzene rings is 2. The number of nitrogens with one attached hydrogen (secondary N) is 3. The van der Waals surface area contributed by atoms with Crippen LogP contribution in [0.1, 0.15) is 25.6 Å². The maximum Gasteiger partial charge on any atom is 0.116 e. The van der Waals surface area contributed by atoms with E-state index in [1.54, 1.807) is 0 Å². The molecule has 0 atom stereocenters. The highest BCUT2D eigenvalue weighted by Crippen LogP contribution is 2.37. The van der Waals surface area contributed by atoms with E-state index in [1.807, 2.05) is 23.7 Å². The average Bonchev–Trinajstić information content (AvgIpc) is 3.60. The molecule has 0 aliphatic carbocycles. The summed E-state index contributed by atoms with van der Waals surface area (Å²) in [6.45, 7) is 12.8. The van der Waals surface area contributed by atoms with Gasteiger partial charge in [-0.25, -0.2) is 0 Å². The smallest absolute Gasteiger partial charge is 0.116 e. The SMILES string of the molecule is C=C(Nc1cncc(-c2ccc3[nH]nc(-c4cc5c(-c6ccc(C)s6)cccc5[nH]4)c3c2)c1)C(C)(C)C. The van der Waals surface area contributed by atoms with Crippen LogP contribution in [-0.4, -0.2) is 20.2 Å². The summed E-state index contributed by atoms with van der Waals surface area (Å²) in [5, 5.41) is 13.6. The van der Waals surface area contributed by atoms with Gasteiger partial charge in [0.1, 0.15) is 5.69 Å². The van der Waals surface area contributed by atoms with Crippen molar-refractivity contribution in [1.82, 2.24) is 20.2 Å². The monoisotopic (exact) mass is 503 g/mol. The zero-order valence-corrected chi connectivity index (χ0v) is 22.3. The predicted octanol–water partition coefficient (Wildman–Crippen LogP) is 8.78. The van der Waals surface area contributed by atoms with Gasteiger partial charge in [0.25, 0.3) is 0 Å². The third-order valence-corrected chi connectivity index (χ3v) is 7.79. The van der Waals surface area contributed by atoms with Crippen molar-refractivity contribution in [2.75, 3.05) is 5.32 Å². The summed E-state index contributed by atoms with van der Waals surface area (Å²) in [5.74, 6) is 0. The molecule has 4 heterocycles. The van der Waals surface area contributed by atoms with Crippen molar-refractivity contribution in [1.29, 1.82) is 0 Å². The minimum absolute atomic E-state index is 0.0393. The molecule has 0 radical (unpaired) electrons. The van der Waals surface area contributed by atoms with E-state index >= 15 is 0 Å². The van der Waals surface area contributed by atoms with Gasteiger partial charge in [0.2, 0.25) is 0 Å². The van der Waals surface area contributed by atoms with Gasteiger partial charge in [-0.15, -0.1) is 11.3 Å². The topological polar surface area (TPSA) is 69.4 Å². The zero-order chi connectivity index (χ0) is 25.7. The molecule has 0 aliphatic heterocycles. The fourth-order valence-corrected chi connectivity index (χ4v) is 5.41. The number of anilines is 1. The summed E-state index contributed by atoms with van der Waals surface area (Å²) in [7, 11) is 0. The van der Waals surface area contributed by atoms with Crippen molar-refractivity contribution in [3.8, 4) is 33.0 Å². The number of hydrogen-bond donors (Lipinski definition) is 3. The summed E-state index contributed by atoms with van der Waals surface area (Å²) in [6.07, 6.45) is 3.73. The fraction of sp³-hybridized carbons (Fsp3) is 0.161. The normalized spacial score (nSPS) is 11.9. The lowest BCUT2D eigenvalue weighted by atomic mass is 9.93. The summed E-state index contributed by atoms with van der Waals surface area (Å²) >= 11 is 1.82. The Balaban J connectivity index is 1.40. The summed E-state index contributed by atoms with van der Waals surface area (Å²) in [4.78, 5) is 10.7. The molecule has 4 aromatic heterocycles. The van der Waals surface area contributed by atoms with Crippen molar-refractivity contribution in [3.05, 3.63) is 90.2 Å². The van der Waals surface area contributed by atoms with E-state index in [1.165, 1.54) is 20.7 Å². The van der Waals surface area contributed by atoms with Gasteiger partial charge in [-0.1, -0.05) is 45.5 Å². The van der Waals surface area contributed by atoms with Gasteiger partial charge in [0, 0.05) is 54.5 Å². The second-order valence-corrected chi connectivity index (χ2v) is 11.8. The lowest BCUT2D eigenvalue weighted by Crippen LogP contribution is -2.15. The summed E-state index contributed by atoms with van der Waals surface area (Å²) in [5.41, 5.74) is 9.20. The second-order valence-electron chi connectivity index (χ2n) is 10.5. The van der Waals surface area contributed by atoms with Crippen LogP contribution in [0.5, 0.6) is 0 Å². The highest BCUT2D eigenvalue weighted by Gasteiger charge is 2.17. The molecule has 5 nitrogen and oxygen atoms in total. The molecule has 6 heteroatoms. The van der Waals surface area contributed by atoms with E-state index in [9.17, 15) is 0 Å². The molecule has 0 spiro atoms. The minimum atomic E-state index is -0.0393. The molecule has 6 aromatic rings. The molecule has 3 N–H and O–H groups in total. The number of aromatic amines is 2. The quantitative estimate of drug-likeness (QED) is 0.220. The Morgan fingerprint density at radius 3 is 2.57 bits per heavy atom. The standard InChI is InChI=1S/C31H29N5S/c1-18-9-12-29(37-18)23-7-6-8-26-24(23)15-28(34-26)30-25-14-20(10-11-27(25)35-36-30)21-13-22(17-32-16-21)33-19(2)31(3,4)5/h6-17,33-34H,2H2,1,3-5H3,(H,35,36). The maximum atomic E-state index is 4.69. The number of hydrogen-bond acceptors (Lipinski definition) is 4. The molecule has 0 aliphatic rings. The van der Waals surface area contributed by atoms with Crippen molar-refractivity contribution in [3.63, 3.8) is 0 Å². The number of allylic oxidation sites excluding steroid dienone is 1. The number of thiophene rings is 1. The number of pyridine rings is 1. The first-order valence-electron chi connectivity index (χ1n) is 12.4. The third-order valence-electron chi connectivity index (χ3n) is 6.76. The maximum absolute atomic E-state index is 4.69. The third kappa shape index (κ3) is 4.34. The molecule has 0 bridgehead atoms. The van der Waals surface area contributed by atoms with Gasteiger partial charge in [0.15, 0.2) is 0 Å². The molecule has 184 valence electrons. The number of H-pyrrole nitrogens is 2. The molecule has 2 aromatic carbocycles. The fourth-order valence-electron chi connectivity index (χ4n) is 4.50. The molecule has 0 saturated heterocycles. The predicted molar refractivity (Wildman–Crippen MR) is 157 cm³/mol. The van der Waals surface area contributed by atoms with E-state index in [0.717, 1.165) is 50.3 Å². The number of aryl methyl sites for hydroxylation is 1. The molecule has 37 heavy (non-hydrogen) atoms. The molecular formula is C31H29N5S. The van der Waals surface area contributed by atoms with Gasteiger partial charge >= 0.3 is 0 Å².